The van der Waals surface area contributed by atoms with Crippen LogP contribution in [0.4, 0.5) is 17.1 Å². The maximum atomic E-state index is 13.1. The summed E-state index contributed by atoms with van der Waals surface area (Å²) in [5.41, 5.74) is 1.73. The fourth-order valence-corrected chi connectivity index (χ4v) is 4.21. The van der Waals surface area contributed by atoms with Gasteiger partial charge in [0.25, 0.3) is 11.6 Å². The van der Waals surface area contributed by atoms with Crippen LogP contribution in [-0.4, -0.2) is 66.4 Å². The third-order valence-corrected chi connectivity index (χ3v) is 5.94. The number of esters is 1. The summed E-state index contributed by atoms with van der Waals surface area (Å²) < 4.78 is 4.96. The number of nitro groups is 1. The van der Waals surface area contributed by atoms with Gasteiger partial charge < -0.3 is 9.64 Å². The predicted octanol–water partition coefficient (Wildman–Crippen LogP) is 2.23. The van der Waals surface area contributed by atoms with Gasteiger partial charge in [0.2, 0.25) is 5.91 Å². The highest BCUT2D eigenvalue weighted by Crippen LogP contribution is 2.28. The van der Waals surface area contributed by atoms with Crippen LogP contribution in [0.2, 0.25) is 0 Å². The molecule has 2 fully saturated rings. The van der Waals surface area contributed by atoms with Gasteiger partial charge in [-0.1, -0.05) is 0 Å². The maximum Gasteiger partial charge on any atom is 0.338 e. The van der Waals surface area contributed by atoms with E-state index >= 15 is 0 Å². The van der Waals surface area contributed by atoms with Gasteiger partial charge in [-0.3, -0.25) is 24.6 Å². The summed E-state index contributed by atoms with van der Waals surface area (Å²) in [5.74, 6) is -0.994. The number of nitrogens with zero attached hydrogens (tertiary/aromatic N) is 4. The number of carbonyl (C=O) groups excluding carboxylic acids is 3. The van der Waals surface area contributed by atoms with E-state index in [1.165, 1.54) is 17.0 Å². The second kappa shape index (κ2) is 9.37. The number of ether oxygens (including phenoxy) is 1. The molecule has 10 nitrogen and oxygen atoms in total. The summed E-state index contributed by atoms with van der Waals surface area (Å²) in [6.07, 6.45) is 0.107. The van der Waals surface area contributed by atoms with Crippen molar-refractivity contribution in [2.24, 2.45) is 0 Å². The third-order valence-electron chi connectivity index (χ3n) is 5.94. The second-order valence-corrected chi connectivity index (χ2v) is 7.85. The minimum atomic E-state index is -0.527. The Morgan fingerprint density at radius 3 is 2.18 bits per heavy atom. The second-order valence-electron chi connectivity index (χ2n) is 7.85. The first-order valence-electron chi connectivity index (χ1n) is 10.8. The van der Waals surface area contributed by atoms with E-state index in [0.717, 1.165) is 5.69 Å². The van der Waals surface area contributed by atoms with Crippen LogP contribution >= 0.6 is 0 Å². The van der Waals surface area contributed by atoms with Crippen LogP contribution in [0.25, 0.3) is 0 Å². The Balaban J connectivity index is 1.39. The molecule has 1 atom stereocenters. The number of anilines is 2. The molecular formula is C23H24N4O6. The SMILES string of the molecule is CCOC(=O)c1ccc(N2C(=O)C[C@@H](N3CCN(c4ccc([N+](=O)[O-])cc4)CC3)C2=O)cc1. The highest BCUT2D eigenvalue weighted by molar-refractivity contribution is 6.22. The van der Waals surface area contributed by atoms with Crippen LogP contribution < -0.4 is 9.80 Å². The standard InChI is InChI=1S/C23H24N4O6/c1-2-33-23(30)16-3-5-18(6-4-16)26-21(28)15-20(22(26)29)25-13-11-24(12-14-25)17-7-9-19(10-8-17)27(31)32/h3-10,20H,2,11-15H2,1H3/t20-/m1/s1. The van der Waals surface area contributed by atoms with Crippen LogP contribution in [0.3, 0.4) is 0 Å². The molecule has 4 rings (SSSR count). The molecule has 0 N–H and O–H groups in total. The first kappa shape index (κ1) is 22.4. The molecule has 2 aromatic rings. The largest absolute Gasteiger partial charge is 0.462 e. The Morgan fingerprint density at radius 1 is 1.00 bits per heavy atom. The predicted molar refractivity (Wildman–Crippen MR) is 120 cm³/mol. The quantitative estimate of drug-likeness (QED) is 0.284. The first-order valence-corrected chi connectivity index (χ1v) is 10.8. The summed E-state index contributed by atoms with van der Waals surface area (Å²) in [7, 11) is 0. The van der Waals surface area contributed by atoms with Crippen molar-refractivity contribution >= 4 is 34.8 Å². The molecule has 0 bridgehead atoms. The van der Waals surface area contributed by atoms with Crippen molar-refractivity contribution in [3.63, 3.8) is 0 Å². The lowest BCUT2D eigenvalue weighted by molar-refractivity contribution is -0.384. The molecule has 2 aromatic carbocycles. The molecule has 2 aliphatic heterocycles. The van der Waals surface area contributed by atoms with Crippen LogP contribution in [0.15, 0.2) is 48.5 Å². The lowest BCUT2D eigenvalue weighted by Gasteiger charge is -2.38. The van der Waals surface area contributed by atoms with Gasteiger partial charge >= 0.3 is 5.97 Å². The first-order chi connectivity index (χ1) is 15.9. The summed E-state index contributed by atoms with van der Waals surface area (Å²) in [6.45, 7) is 4.46. The molecule has 172 valence electrons. The number of hydrogen-bond donors (Lipinski definition) is 0. The van der Waals surface area contributed by atoms with Crippen molar-refractivity contribution in [1.29, 1.82) is 0 Å². The molecule has 33 heavy (non-hydrogen) atoms. The minimum Gasteiger partial charge on any atom is -0.462 e. The molecule has 0 radical (unpaired) electrons. The monoisotopic (exact) mass is 452 g/mol. The van der Waals surface area contributed by atoms with Gasteiger partial charge in [-0.05, 0) is 43.3 Å². The van der Waals surface area contributed by atoms with Crippen molar-refractivity contribution in [3.05, 3.63) is 64.2 Å². The number of hydrogen-bond acceptors (Lipinski definition) is 8. The van der Waals surface area contributed by atoms with Crippen LogP contribution in [0, 0.1) is 10.1 Å². The van der Waals surface area contributed by atoms with Gasteiger partial charge in [0, 0.05) is 44.0 Å². The Morgan fingerprint density at radius 2 is 1.61 bits per heavy atom. The molecule has 2 heterocycles. The van der Waals surface area contributed by atoms with E-state index in [-0.39, 0.29) is 30.5 Å². The molecular weight excluding hydrogens is 428 g/mol. The van der Waals surface area contributed by atoms with E-state index < -0.39 is 16.9 Å². The lowest BCUT2D eigenvalue weighted by Crippen LogP contribution is -2.52. The van der Waals surface area contributed by atoms with Gasteiger partial charge in [0.05, 0.1) is 35.2 Å². The van der Waals surface area contributed by atoms with E-state index in [1.54, 1.807) is 43.3 Å². The Hall–Kier alpha value is -3.79. The van der Waals surface area contributed by atoms with Crippen molar-refractivity contribution in [2.75, 3.05) is 42.6 Å². The molecule has 0 spiro atoms. The zero-order valence-electron chi connectivity index (χ0n) is 18.2. The normalized spacial score (nSPS) is 19.1. The number of non-ortho nitro benzene ring substituents is 1. The Kier molecular flexibility index (Phi) is 6.36. The number of piperazine rings is 1. The number of rotatable bonds is 6. The summed E-state index contributed by atoms with van der Waals surface area (Å²) in [5, 5.41) is 10.8. The fraction of sp³-hybridized carbons (Fsp3) is 0.348. The smallest absolute Gasteiger partial charge is 0.338 e. The van der Waals surface area contributed by atoms with E-state index in [2.05, 4.69) is 4.90 Å². The van der Waals surface area contributed by atoms with Crippen molar-refractivity contribution in [2.45, 2.75) is 19.4 Å². The van der Waals surface area contributed by atoms with E-state index in [4.69, 9.17) is 4.74 Å². The highest BCUT2D eigenvalue weighted by atomic mass is 16.6. The molecule has 0 saturated carbocycles. The highest BCUT2D eigenvalue weighted by Gasteiger charge is 2.43. The van der Waals surface area contributed by atoms with Gasteiger partial charge in [0.1, 0.15) is 0 Å². The van der Waals surface area contributed by atoms with Crippen LogP contribution in [0.5, 0.6) is 0 Å². The van der Waals surface area contributed by atoms with Crippen molar-refractivity contribution in [3.8, 4) is 0 Å². The number of imide groups is 1. The molecule has 2 saturated heterocycles. The summed E-state index contributed by atoms with van der Waals surface area (Å²) in [4.78, 5) is 53.3. The average molecular weight is 452 g/mol. The Labute approximate surface area is 190 Å². The van der Waals surface area contributed by atoms with Crippen molar-refractivity contribution in [1.82, 2.24) is 4.90 Å². The molecule has 0 aliphatic carbocycles. The van der Waals surface area contributed by atoms with E-state index in [1.807, 2.05) is 4.90 Å². The van der Waals surface area contributed by atoms with Crippen LogP contribution in [-0.2, 0) is 14.3 Å². The zero-order chi connectivity index (χ0) is 23.5. The number of benzene rings is 2. The van der Waals surface area contributed by atoms with Gasteiger partial charge in [0.15, 0.2) is 0 Å². The zero-order valence-corrected chi connectivity index (χ0v) is 18.2. The van der Waals surface area contributed by atoms with E-state index in [9.17, 15) is 24.5 Å². The van der Waals surface area contributed by atoms with Crippen LogP contribution in [0.1, 0.15) is 23.7 Å². The number of amides is 2. The fourth-order valence-electron chi connectivity index (χ4n) is 4.21. The Bertz CT molecular complexity index is 1060. The van der Waals surface area contributed by atoms with Gasteiger partial charge in [-0.25, -0.2) is 9.69 Å². The molecule has 2 aliphatic rings. The molecule has 2 amide bonds. The molecule has 0 unspecified atom stereocenters. The van der Waals surface area contributed by atoms with Gasteiger partial charge in [-0.2, -0.15) is 0 Å². The van der Waals surface area contributed by atoms with E-state index in [0.29, 0.717) is 37.4 Å². The average Bonchev–Trinajstić information content (AvgIpc) is 3.13. The minimum absolute atomic E-state index is 0.0443. The third kappa shape index (κ3) is 4.56. The number of nitro benzene ring substituents is 1. The summed E-state index contributed by atoms with van der Waals surface area (Å²) in [6, 6.07) is 12.1. The molecule has 0 aromatic heterocycles. The molecule has 10 heteroatoms. The topological polar surface area (TPSA) is 113 Å². The van der Waals surface area contributed by atoms with Gasteiger partial charge in [-0.15, -0.1) is 0 Å². The maximum absolute atomic E-state index is 13.1. The number of carbonyl (C=O) groups is 3. The lowest BCUT2D eigenvalue weighted by atomic mass is 10.1. The summed E-state index contributed by atoms with van der Waals surface area (Å²) >= 11 is 0. The van der Waals surface area contributed by atoms with Crippen molar-refractivity contribution < 1.29 is 24.0 Å².